The summed E-state index contributed by atoms with van der Waals surface area (Å²) in [5.74, 6) is -0.918. The summed E-state index contributed by atoms with van der Waals surface area (Å²) in [6.07, 6.45) is -3.77. The molecular formula is C21H19F4N3O2. The lowest BCUT2D eigenvalue weighted by Gasteiger charge is -2.20. The third-order valence-corrected chi connectivity index (χ3v) is 4.76. The first-order valence-electron chi connectivity index (χ1n) is 9.26. The van der Waals surface area contributed by atoms with E-state index >= 15 is 0 Å². The number of carbonyl (C=O) groups excluding carboxylic acids is 1. The van der Waals surface area contributed by atoms with Gasteiger partial charge in [0.15, 0.2) is 0 Å². The van der Waals surface area contributed by atoms with E-state index in [2.05, 4.69) is 15.5 Å². The van der Waals surface area contributed by atoms with Crippen LogP contribution in [0.15, 0.2) is 53.1 Å². The van der Waals surface area contributed by atoms with Crippen LogP contribution in [0.3, 0.4) is 0 Å². The Balaban J connectivity index is 1.84. The van der Waals surface area contributed by atoms with E-state index in [0.29, 0.717) is 12.0 Å². The molecule has 0 unspecified atom stereocenters. The first kappa shape index (κ1) is 21.5. The number of aromatic nitrogens is 2. The van der Waals surface area contributed by atoms with Crippen LogP contribution in [-0.4, -0.2) is 16.0 Å². The van der Waals surface area contributed by atoms with Gasteiger partial charge in [-0.25, -0.2) is 4.39 Å². The van der Waals surface area contributed by atoms with Crippen molar-refractivity contribution in [2.24, 2.45) is 5.92 Å². The van der Waals surface area contributed by atoms with Crippen molar-refractivity contribution in [3.8, 4) is 11.4 Å². The monoisotopic (exact) mass is 421 g/mol. The molecule has 0 aliphatic carbocycles. The van der Waals surface area contributed by atoms with Crippen LogP contribution in [0.2, 0.25) is 0 Å². The van der Waals surface area contributed by atoms with E-state index in [-0.39, 0.29) is 23.2 Å². The van der Waals surface area contributed by atoms with E-state index in [1.165, 1.54) is 30.3 Å². The van der Waals surface area contributed by atoms with Gasteiger partial charge in [0.1, 0.15) is 11.9 Å². The molecule has 0 saturated carbocycles. The fourth-order valence-electron chi connectivity index (χ4n) is 2.82. The van der Waals surface area contributed by atoms with Crippen molar-refractivity contribution in [2.45, 2.75) is 32.5 Å². The fraction of sp³-hybridized carbons (Fsp3) is 0.286. The number of nitrogens with one attached hydrogen (secondary N) is 1. The second kappa shape index (κ2) is 8.64. The summed E-state index contributed by atoms with van der Waals surface area (Å²) in [6, 6.07) is 8.98. The minimum Gasteiger partial charge on any atom is -0.340 e. The van der Waals surface area contributed by atoms with Crippen LogP contribution in [0.4, 0.5) is 17.6 Å². The molecule has 30 heavy (non-hydrogen) atoms. The van der Waals surface area contributed by atoms with Gasteiger partial charge in [-0.3, -0.25) is 4.79 Å². The van der Waals surface area contributed by atoms with Crippen molar-refractivity contribution in [2.75, 3.05) is 0 Å². The number of rotatable bonds is 6. The maximum absolute atomic E-state index is 13.4. The zero-order valence-corrected chi connectivity index (χ0v) is 16.2. The van der Waals surface area contributed by atoms with Crippen LogP contribution in [0.1, 0.15) is 48.1 Å². The van der Waals surface area contributed by atoms with Crippen molar-refractivity contribution in [3.63, 3.8) is 0 Å². The second-order valence-electron chi connectivity index (χ2n) is 6.88. The van der Waals surface area contributed by atoms with Crippen LogP contribution in [0.5, 0.6) is 0 Å². The van der Waals surface area contributed by atoms with Crippen molar-refractivity contribution in [1.82, 2.24) is 15.5 Å². The normalized spacial score (nSPS) is 13.7. The number of alkyl halides is 3. The van der Waals surface area contributed by atoms with Gasteiger partial charge in [0.2, 0.25) is 11.7 Å². The molecule has 3 aromatic rings. The molecule has 0 spiro atoms. The quantitative estimate of drug-likeness (QED) is 0.541. The number of nitrogens with zero attached hydrogens (tertiary/aromatic N) is 2. The number of hydrogen-bond acceptors (Lipinski definition) is 4. The van der Waals surface area contributed by atoms with Gasteiger partial charge < -0.3 is 9.84 Å². The Hall–Kier alpha value is -3.23. The Morgan fingerprint density at radius 3 is 2.47 bits per heavy atom. The molecule has 0 bridgehead atoms. The fourth-order valence-corrected chi connectivity index (χ4v) is 2.82. The maximum Gasteiger partial charge on any atom is 0.416 e. The lowest BCUT2D eigenvalue weighted by Crippen LogP contribution is -2.32. The molecule has 1 N–H and O–H groups in total. The molecular weight excluding hydrogens is 402 g/mol. The van der Waals surface area contributed by atoms with Gasteiger partial charge in [0.25, 0.3) is 5.91 Å². The Labute approximate surface area is 170 Å². The molecule has 1 heterocycles. The van der Waals surface area contributed by atoms with E-state index in [1.54, 1.807) is 0 Å². The third kappa shape index (κ3) is 4.84. The van der Waals surface area contributed by atoms with E-state index in [0.717, 1.165) is 18.2 Å². The minimum absolute atomic E-state index is 0.0941. The standard InChI is InChI=1S/C21H19F4N3O2/c1-3-12(2)17(26-19(29)14-5-4-6-16(22)11-14)20-27-18(28-30-20)13-7-9-15(10-8-13)21(23,24)25/h4-12,17H,3H2,1-2H3,(H,26,29)/t12-,17-/m1/s1. The maximum atomic E-state index is 13.4. The molecule has 2 atom stereocenters. The Kier molecular flexibility index (Phi) is 6.19. The second-order valence-corrected chi connectivity index (χ2v) is 6.88. The first-order valence-corrected chi connectivity index (χ1v) is 9.26. The van der Waals surface area contributed by atoms with Crippen molar-refractivity contribution < 1.29 is 26.9 Å². The van der Waals surface area contributed by atoms with E-state index in [4.69, 9.17) is 4.52 Å². The molecule has 0 radical (unpaired) electrons. The minimum atomic E-state index is -4.44. The molecule has 9 heteroatoms. The first-order chi connectivity index (χ1) is 14.2. The number of amides is 1. The summed E-state index contributed by atoms with van der Waals surface area (Å²) >= 11 is 0. The molecule has 5 nitrogen and oxygen atoms in total. The lowest BCUT2D eigenvalue weighted by atomic mass is 9.98. The van der Waals surface area contributed by atoms with Crippen LogP contribution >= 0.6 is 0 Å². The van der Waals surface area contributed by atoms with Crippen molar-refractivity contribution >= 4 is 5.91 Å². The molecule has 158 valence electrons. The molecule has 0 fully saturated rings. The molecule has 2 aromatic carbocycles. The van der Waals surface area contributed by atoms with Crippen molar-refractivity contribution in [3.05, 3.63) is 71.4 Å². The van der Waals surface area contributed by atoms with Gasteiger partial charge >= 0.3 is 6.18 Å². The average molecular weight is 421 g/mol. The highest BCUT2D eigenvalue weighted by Gasteiger charge is 2.31. The summed E-state index contributed by atoms with van der Waals surface area (Å²) in [5, 5.41) is 6.60. The number of benzene rings is 2. The highest BCUT2D eigenvalue weighted by atomic mass is 19.4. The lowest BCUT2D eigenvalue weighted by molar-refractivity contribution is -0.137. The van der Waals surface area contributed by atoms with Gasteiger partial charge in [0, 0.05) is 11.1 Å². The zero-order chi connectivity index (χ0) is 21.9. The van der Waals surface area contributed by atoms with Crippen LogP contribution in [-0.2, 0) is 6.18 Å². The van der Waals surface area contributed by atoms with Crippen LogP contribution in [0.25, 0.3) is 11.4 Å². The SMILES string of the molecule is CC[C@@H](C)[C@@H](NC(=O)c1cccc(F)c1)c1nc(-c2ccc(C(F)(F)F)cc2)no1. The summed E-state index contributed by atoms with van der Waals surface area (Å²) in [6.45, 7) is 3.79. The largest absolute Gasteiger partial charge is 0.416 e. The Morgan fingerprint density at radius 1 is 1.17 bits per heavy atom. The molecule has 3 rings (SSSR count). The van der Waals surface area contributed by atoms with Gasteiger partial charge in [-0.2, -0.15) is 18.2 Å². The topological polar surface area (TPSA) is 68.0 Å². The molecule has 1 amide bonds. The summed E-state index contributed by atoms with van der Waals surface area (Å²) < 4.78 is 56.9. The number of halogens is 4. The highest BCUT2D eigenvalue weighted by Crippen LogP contribution is 2.31. The Bertz CT molecular complexity index is 1020. The predicted molar refractivity (Wildman–Crippen MR) is 101 cm³/mol. The molecule has 0 aliphatic heterocycles. The number of hydrogen-bond donors (Lipinski definition) is 1. The van der Waals surface area contributed by atoms with Gasteiger partial charge in [-0.05, 0) is 36.2 Å². The molecule has 0 saturated heterocycles. The van der Waals surface area contributed by atoms with Crippen LogP contribution in [0, 0.1) is 11.7 Å². The van der Waals surface area contributed by atoms with E-state index < -0.39 is 29.5 Å². The van der Waals surface area contributed by atoms with E-state index in [1.807, 2.05) is 13.8 Å². The zero-order valence-electron chi connectivity index (χ0n) is 16.2. The average Bonchev–Trinajstić information content (AvgIpc) is 3.20. The summed E-state index contributed by atoms with van der Waals surface area (Å²) in [7, 11) is 0. The van der Waals surface area contributed by atoms with E-state index in [9.17, 15) is 22.4 Å². The van der Waals surface area contributed by atoms with Gasteiger partial charge in [0.05, 0.1) is 5.56 Å². The summed E-state index contributed by atoms with van der Waals surface area (Å²) in [5.41, 5.74) is -0.294. The van der Waals surface area contributed by atoms with Crippen molar-refractivity contribution in [1.29, 1.82) is 0 Å². The predicted octanol–water partition coefficient (Wildman–Crippen LogP) is 5.41. The molecule has 0 aliphatic rings. The molecule has 1 aromatic heterocycles. The number of carbonyl (C=O) groups is 1. The van der Waals surface area contributed by atoms with Crippen LogP contribution < -0.4 is 5.32 Å². The summed E-state index contributed by atoms with van der Waals surface area (Å²) in [4.78, 5) is 16.8. The van der Waals surface area contributed by atoms with Gasteiger partial charge in [-0.15, -0.1) is 0 Å². The highest BCUT2D eigenvalue weighted by molar-refractivity contribution is 5.94. The smallest absolute Gasteiger partial charge is 0.340 e. The Morgan fingerprint density at radius 2 is 1.87 bits per heavy atom. The van der Waals surface area contributed by atoms with Gasteiger partial charge in [-0.1, -0.05) is 43.6 Å². The third-order valence-electron chi connectivity index (χ3n) is 4.76.